The molecule has 0 radical (unpaired) electrons. The lowest BCUT2D eigenvalue weighted by molar-refractivity contribution is 0.00578. The van der Waals surface area contributed by atoms with Crippen molar-refractivity contribution in [2.75, 3.05) is 0 Å². The molecule has 8 nitrogen and oxygen atoms in total. The first-order valence-corrected chi connectivity index (χ1v) is 35.5. The van der Waals surface area contributed by atoms with Crippen molar-refractivity contribution < 1.29 is 9.31 Å². The van der Waals surface area contributed by atoms with Crippen LogP contribution in [0.25, 0.3) is 79.2 Å². The zero-order valence-electron chi connectivity index (χ0n) is 58.3. The van der Waals surface area contributed by atoms with Crippen molar-refractivity contribution in [3.05, 3.63) is 375 Å². The van der Waals surface area contributed by atoms with Gasteiger partial charge in [0.05, 0.1) is 22.0 Å². The average Bonchev–Trinajstić information content (AvgIpc) is 1.47. The second-order valence-electron chi connectivity index (χ2n) is 29.2. The van der Waals surface area contributed by atoms with Gasteiger partial charge in [-0.25, -0.2) is 19.9 Å². The molecule has 104 heavy (non-hydrogen) atoms. The summed E-state index contributed by atoms with van der Waals surface area (Å²) in [5, 5.41) is 0.202. The van der Waals surface area contributed by atoms with E-state index in [9.17, 15) is 0 Å². The van der Waals surface area contributed by atoms with E-state index in [1.165, 1.54) is 89.0 Å². The molecule has 3 heterocycles. The number of fused-ring (bicyclic) bond motifs is 18. The number of benzene rings is 12. The van der Waals surface area contributed by atoms with Crippen LogP contribution in [0.1, 0.15) is 137 Å². The van der Waals surface area contributed by atoms with Gasteiger partial charge in [-0.3, -0.25) is 0 Å². The Kier molecular flexibility index (Phi) is 17.4. The second kappa shape index (κ2) is 26.3. The Labute approximate surface area is 617 Å². The first kappa shape index (κ1) is 68.7. The van der Waals surface area contributed by atoms with Gasteiger partial charge in [0.25, 0.3) is 0 Å². The molecule has 0 saturated carbocycles. The predicted octanol–water partition coefficient (Wildman–Crippen LogP) is 22.0. The number of hydrogen-bond donors (Lipinski definition) is 0. The maximum atomic E-state index is 6.45. The summed E-state index contributed by atoms with van der Waals surface area (Å²) in [4.78, 5) is 27.8. The molecule has 2 aromatic heterocycles. The molecule has 5 aliphatic rings. The summed E-state index contributed by atoms with van der Waals surface area (Å²) in [5.74, 6) is 3.16. The molecule has 510 valence electrons. The number of hydrogen-bond acceptors (Lipinski definition) is 8. The van der Waals surface area contributed by atoms with E-state index in [0.717, 1.165) is 33.3 Å². The minimum absolute atomic E-state index is 0. The summed E-state index contributed by atoms with van der Waals surface area (Å²) in [5.41, 5.74) is 25.5. The molecule has 0 bridgehead atoms. The largest absolute Gasteiger partial charge is 0.494 e. The van der Waals surface area contributed by atoms with Crippen LogP contribution >= 0.6 is 11.6 Å². The van der Waals surface area contributed by atoms with Crippen molar-refractivity contribution in [3.8, 4) is 79.2 Å². The second-order valence-corrected chi connectivity index (χ2v) is 29.5. The van der Waals surface area contributed by atoms with E-state index < -0.39 is 5.41 Å². The summed E-state index contributed by atoms with van der Waals surface area (Å²) < 4.78 is 12.9. The molecule has 2 spiro atoms. The van der Waals surface area contributed by atoms with Gasteiger partial charge in [-0.1, -0.05) is 340 Å². The summed E-state index contributed by atoms with van der Waals surface area (Å²) in [7, 11) is -0.385. The van der Waals surface area contributed by atoms with Crippen LogP contribution in [0.4, 0.5) is 0 Å². The van der Waals surface area contributed by atoms with Gasteiger partial charge in [0.1, 0.15) is 0 Å². The van der Waals surface area contributed by atoms with Gasteiger partial charge >= 0.3 is 7.12 Å². The average molecular weight is 1370 g/mol. The zero-order valence-corrected chi connectivity index (χ0v) is 59.1. The summed E-state index contributed by atoms with van der Waals surface area (Å²) in [6, 6.07) is 108. The van der Waals surface area contributed by atoms with E-state index in [4.69, 9.17) is 35.9 Å². The maximum absolute atomic E-state index is 6.45. The molecular weight excluding hydrogens is 1290 g/mol. The fraction of sp³-hybridized carbons (Fsp3) is 0.170. The first-order chi connectivity index (χ1) is 49.5. The fourth-order valence-corrected chi connectivity index (χ4v) is 16.9. The first-order valence-electron chi connectivity index (χ1n) is 35.1. The number of nitrogens with zero attached hydrogens (tertiary/aromatic N) is 6. The van der Waals surface area contributed by atoms with Crippen LogP contribution in [0, 0.1) is 0 Å². The van der Waals surface area contributed by atoms with Crippen molar-refractivity contribution in [1.82, 2.24) is 29.9 Å². The van der Waals surface area contributed by atoms with Crippen molar-refractivity contribution in [3.63, 3.8) is 0 Å². The molecule has 1 saturated heterocycles. The Morgan fingerprint density at radius 3 is 0.856 bits per heavy atom. The molecule has 4 aliphatic carbocycles. The smallest absolute Gasteiger partial charge is 0.399 e. The van der Waals surface area contributed by atoms with Crippen LogP contribution in [0.5, 0.6) is 0 Å². The Morgan fingerprint density at radius 2 is 0.510 bits per heavy atom. The SMILES string of the molecule is C.C.CC1(C)c2ccccc2C2(c3ccccc3-c3cc(-c4nc(-c5ccccc5)nc(-c5ccccc5)n4)ccc32)c2ccccc21.CC1(C)c2ccccc2C2(c3ccccc3-c3cc(B4OC(C)(C)C(C)(C)O4)ccc32)c2ccccc21.Clc1nc(-c2ccccc2)nc(-c2ccccc2)n1. The van der Waals surface area contributed by atoms with Crippen molar-refractivity contribution in [2.24, 2.45) is 0 Å². The van der Waals surface area contributed by atoms with Gasteiger partial charge in [0.15, 0.2) is 29.1 Å². The molecule has 0 unspecified atom stereocenters. The lowest BCUT2D eigenvalue weighted by Crippen LogP contribution is -2.41. The van der Waals surface area contributed by atoms with Crippen molar-refractivity contribution in [1.29, 1.82) is 0 Å². The number of rotatable bonds is 6. The number of aromatic nitrogens is 6. The van der Waals surface area contributed by atoms with Crippen molar-refractivity contribution in [2.45, 2.75) is 103 Å². The Hall–Kier alpha value is -11.1. The van der Waals surface area contributed by atoms with Gasteiger partial charge in [0.2, 0.25) is 5.28 Å². The third-order valence-electron chi connectivity index (χ3n) is 22.3. The quantitative estimate of drug-likeness (QED) is 0.152. The standard InChI is InChI=1S/C43H31N3.C34H33BO2.C15H10ClN3.2CH4/c1-42(2)35-21-11-13-23-37(35)43(38-24-14-12-22-36(38)42)33-20-10-9-19-31(33)32-27-30(25-26-34(32)43)41-45-39(28-15-5-3-6-16-28)44-40(46-41)29-17-7-4-8-18-29;1-31(2)27-15-9-11-17-29(27)34(30-18-12-10-16-28(30)31)25-14-8-7-13-23(25)24-21-22(19-20-26(24)34)35-36-32(3,4)33(5,6)37-35;16-15-18-13(11-7-3-1-4-8-11)17-14(19-15)12-9-5-2-6-10-12;;/h3-27H,1-2H3;7-21H,1-6H3;1-10H;2*1H4. The van der Waals surface area contributed by atoms with Gasteiger partial charge < -0.3 is 9.31 Å². The van der Waals surface area contributed by atoms with E-state index in [1.807, 2.05) is 97.1 Å². The van der Waals surface area contributed by atoms with Gasteiger partial charge in [0, 0.05) is 38.6 Å². The molecule has 1 aliphatic heterocycles. The fourth-order valence-electron chi connectivity index (χ4n) is 16.7. The predicted molar refractivity (Wildman–Crippen MR) is 426 cm³/mol. The summed E-state index contributed by atoms with van der Waals surface area (Å²) in [6.07, 6.45) is 0. The summed E-state index contributed by atoms with van der Waals surface area (Å²) in [6.45, 7) is 17.9. The van der Waals surface area contributed by atoms with Crippen LogP contribution < -0.4 is 5.46 Å². The lowest BCUT2D eigenvalue weighted by atomic mass is 9.55. The molecule has 0 atom stereocenters. The Bertz CT molecular complexity index is 5360. The van der Waals surface area contributed by atoms with E-state index in [0.29, 0.717) is 29.1 Å². The molecule has 14 aromatic rings. The van der Waals surface area contributed by atoms with Crippen molar-refractivity contribution >= 4 is 24.2 Å². The van der Waals surface area contributed by atoms with E-state index in [-0.39, 0.29) is 54.7 Å². The van der Waals surface area contributed by atoms with Gasteiger partial charge in [-0.05, 0) is 140 Å². The molecule has 1 fully saturated rings. The monoisotopic (exact) mass is 1370 g/mol. The molecule has 0 N–H and O–H groups in total. The molecule has 12 aromatic carbocycles. The Morgan fingerprint density at radius 1 is 0.250 bits per heavy atom. The highest BCUT2D eigenvalue weighted by Crippen LogP contribution is 2.64. The van der Waals surface area contributed by atoms with Crippen LogP contribution in [0.2, 0.25) is 5.28 Å². The Balaban J connectivity index is 0.000000134. The van der Waals surface area contributed by atoms with E-state index in [2.05, 4.69) is 277 Å². The van der Waals surface area contributed by atoms with Gasteiger partial charge in [-0.15, -0.1) is 0 Å². The van der Waals surface area contributed by atoms with Gasteiger partial charge in [-0.2, -0.15) is 9.97 Å². The topological polar surface area (TPSA) is 95.8 Å². The van der Waals surface area contributed by atoms with E-state index in [1.54, 1.807) is 0 Å². The molecule has 19 rings (SSSR count). The normalized spacial score (nSPS) is 15.8. The molecule has 10 heteroatoms. The molecule has 0 amide bonds. The highest BCUT2D eigenvalue weighted by molar-refractivity contribution is 6.62. The zero-order chi connectivity index (χ0) is 69.8. The van der Waals surface area contributed by atoms with Crippen LogP contribution in [0.15, 0.2) is 303 Å². The summed E-state index contributed by atoms with van der Waals surface area (Å²) >= 11 is 5.99. The third-order valence-corrected chi connectivity index (χ3v) is 22.5. The van der Waals surface area contributed by atoms with E-state index >= 15 is 0 Å². The number of halogens is 1. The van der Waals surface area contributed by atoms with Crippen LogP contribution in [-0.2, 0) is 31.0 Å². The maximum Gasteiger partial charge on any atom is 0.494 e. The van der Waals surface area contributed by atoms with Crippen LogP contribution in [0.3, 0.4) is 0 Å². The lowest BCUT2D eigenvalue weighted by Gasteiger charge is -2.46. The minimum atomic E-state index is -0.420. The van der Waals surface area contributed by atoms with Crippen LogP contribution in [-0.4, -0.2) is 48.2 Å². The highest BCUT2D eigenvalue weighted by Gasteiger charge is 2.56. The third kappa shape index (κ3) is 10.9. The minimum Gasteiger partial charge on any atom is -0.399 e. The molecular formula is C94H82BClN6O2. The highest BCUT2D eigenvalue weighted by atomic mass is 35.5.